The molecule has 160 valence electrons. The van der Waals surface area contributed by atoms with Crippen LogP contribution < -0.4 is 4.74 Å². The highest BCUT2D eigenvalue weighted by molar-refractivity contribution is 5.78. The number of ether oxygens (including phenoxy) is 3. The van der Waals surface area contributed by atoms with Crippen LogP contribution in [0.3, 0.4) is 0 Å². The van der Waals surface area contributed by atoms with Crippen molar-refractivity contribution in [3.8, 4) is 5.75 Å². The first kappa shape index (κ1) is 22.6. The molecule has 0 aliphatic carbocycles. The summed E-state index contributed by atoms with van der Waals surface area (Å²) < 4.78 is 52.6. The van der Waals surface area contributed by atoms with E-state index < -0.39 is 18.2 Å². The Hall–Kier alpha value is -2.68. The minimum atomic E-state index is -4.82. The summed E-state index contributed by atoms with van der Waals surface area (Å²) in [6.45, 7) is 3.38. The fourth-order valence-electron chi connectivity index (χ4n) is 2.80. The van der Waals surface area contributed by atoms with Crippen LogP contribution in [0.4, 0.5) is 13.2 Å². The van der Waals surface area contributed by atoms with Crippen LogP contribution >= 0.6 is 0 Å². The number of allylic oxidation sites excluding steroid dienone is 2. The number of nitrogens with zero attached hydrogens (tertiary/aromatic N) is 1. The number of rotatable bonds is 8. The van der Waals surface area contributed by atoms with Crippen LogP contribution in [0.15, 0.2) is 47.9 Å². The second-order valence-electron chi connectivity index (χ2n) is 6.31. The lowest BCUT2D eigenvalue weighted by Gasteiger charge is -2.20. The fourth-order valence-corrected chi connectivity index (χ4v) is 2.80. The minimum absolute atomic E-state index is 0.0238. The van der Waals surface area contributed by atoms with Gasteiger partial charge in [0.2, 0.25) is 0 Å². The van der Waals surface area contributed by atoms with Crippen LogP contribution in [-0.4, -0.2) is 48.1 Å². The van der Waals surface area contributed by atoms with E-state index in [1.807, 2.05) is 0 Å². The Kier molecular flexibility index (Phi) is 7.95. The Morgan fingerprint density at radius 1 is 1.21 bits per heavy atom. The highest BCUT2D eigenvalue weighted by atomic mass is 19.4. The number of likely N-dealkylation sites (tertiary alicyclic amines) is 1. The van der Waals surface area contributed by atoms with Gasteiger partial charge in [-0.25, -0.2) is 0 Å². The normalized spacial score (nSPS) is 18.0. The summed E-state index contributed by atoms with van der Waals surface area (Å²) >= 11 is 0. The molecule has 0 radical (unpaired) electrons. The highest BCUT2D eigenvalue weighted by Gasteiger charge is 2.34. The Balaban J connectivity index is 1.85. The Morgan fingerprint density at radius 2 is 1.86 bits per heavy atom. The van der Waals surface area contributed by atoms with E-state index in [0.29, 0.717) is 18.7 Å². The molecule has 1 aromatic rings. The van der Waals surface area contributed by atoms with Gasteiger partial charge in [-0.05, 0) is 43.7 Å². The lowest BCUT2D eigenvalue weighted by atomic mass is 10.2. The Labute approximate surface area is 167 Å². The highest BCUT2D eigenvalue weighted by Crippen LogP contribution is 2.27. The molecule has 29 heavy (non-hydrogen) atoms. The van der Waals surface area contributed by atoms with Crippen LogP contribution in [0.5, 0.6) is 5.75 Å². The monoisotopic (exact) mass is 415 g/mol. The van der Waals surface area contributed by atoms with Crippen LogP contribution in [0.2, 0.25) is 0 Å². The molecule has 0 saturated carbocycles. The van der Waals surface area contributed by atoms with Crippen molar-refractivity contribution in [2.75, 3.05) is 19.7 Å². The predicted octanol–water partition coefficient (Wildman–Crippen LogP) is 3.52. The van der Waals surface area contributed by atoms with Crippen molar-refractivity contribution in [1.29, 1.82) is 0 Å². The summed E-state index contributed by atoms with van der Waals surface area (Å²) in [5.74, 6) is -0.188. The molecule has 1 heterocycles. The topological polar surface area (TPSA) is 68.2 Å². The van der Waals surface area contributed by atoms with E-state index in [1.54, 1.807) is 36.1 Å². The lowest BCUT2D eigenvalue weighted by Crippen LogP contribution is -2.34. The van der Waals surface area contributed by atoms with Crippen LogP contribution in [-0.2, 0) is 20.9 Å². The van der Waals surface area contributed by atoms with Gasteiger partial charge in [0.25, 0.3) is 5.91 Å². The van der Waals surface area contributed by atoms with E-state index in [1.165, 1.54) is 19.1 Å². The van der Waals surface area contributed by atoms with Gasteiger partial charge in [-0.1, -0.05) is 12.1 Å². The van der Waals surface area contributed by atoms with Gasteiger partial charge in [-0.2, -0.15) is 0 Å². The van der Waals surface area contributed by atoms with E-state index in [4.69, 9.17) is 14.6 Å². The molecular weight excluding hydrogens is 391 g/mol. The van der Waals surface area contributed by atoms with E-state index in [2.05, 4.69) is 4.74 Å². The standard InChI is InChI=1S/C20H24F3NO5/c1-3-17(18(4-2)29-20(21,22)23)28-16-9-10-24(11-16)19(26)13-27-15-7-5-14(12-25)6-8-15/h3-8,16,25H,9-13H2,1-2H3/b17-3+,18-4+/t16-/m1/s1. The SMILES string of the molecule is C/C=C(O[C@@H]1CCN(C(=O)COc2ccc(CO)cc2)C1)\C(=C/C)OC(F)(F)F. The van der Waals surface area contributed by atoms with Gasteiger partial charge < -0.3 is 24.2 Å². The Morgan fingerprint density at radius 3 is 2.41 bits per heavy atom. The molecule has 1 aromatic carbocycles. The van der Waals surface area contributed by atoms with Crippen molar-refractivity contribution in [1.82, 2.24) is 4.90 Å². The van der Waals surface area contributed by atoms with Gasteiger partial charge >= 0.3 is 6.36 Å². The third kappa shape index (κ3) is 7.01. The molecule has 1 atom stereocenters. The molecule has 1 amide bonds. The number of hydrogen-bond donors (Lipinski definition) is 1. The molecule has 2 rings (SSSR count). The maximum Gasteiger partial charge on any atom is 0.573 e. The number of carbonyl (C=O) groups is 1. The van der Waals surface area contributed by atoms with Gasteiger partial charge in [0.1, 0.15) is 11.9 Å². The van der Waals surface area contributed by atoms with Crippen molar-refractivity contribution in [3.63, 3.8) is 0 Å². The summed E-state index contributed by atoms with van der Waals surface area (Å²) in [4.78, 5) is 13.9. The zero-order chi connectivity index (χ0) is 21.4. The molecule has 0 bridgehead atoms. The molecule has 1 saturated heterocycles. The van der Waals surface area contributed by atoms with Gasteiger partial charge in [-0.3, -0.25) is 4.79 Å². The first-order chi connectivity index (χ1) is 13.8. The van der Waals surface area contributed by atoms with Gasteiger partial charge in [-0.15, -0.1) is 13.2 Å². The molecule has 1 aliphatic rings. The van der Waals surface area contributed by atoms with E-state index in [0.717, 1.165) is 5.56 Å². The average Bonchev–Trinajstić information content (AvgIpc) is 3.17. The number of aliphatic hydroxyl groups is 1. The zero-order valence-corrected chi connectivity index (χ0v) is 16.2. The summed E-state index contributed by atoms with van der Waals surface area (Å²) in [7, 11) is 0. The smallest absolute Gasteiger partial charge is 0.485 e. The zero-order valence-electron chi connectivity index (χ0n) is 16.2. The second kappa shape index (κ2) is 10.2. The van der Waals surface area contributed by atoms with Crippen molar-refractivity contribution in [3.05, 3.63) is 53.5 Å². The molecule has 1 N–H and O–H groups in total. The number of alkyl halides is 3. The van der Waals surface area contributed by atoms with E-state index in [-0.39, 0.29) is 31.4 Å². The molecule has 0 unspecified atom stereocenters. The molecule has 6 nitrogen and oxygen atoms in total. The van der Waals surface area contributed by atoms with Crippen molar-refractivity contribution in [2.45, 2.75) is 39.3 Å². The number of carbonyl (C=O) groups excluding carboxylic acids is 1. The first-order valence-corrected chi connectivity index (χ1v) is 9.11. The molecule has 1 fully saturated rings. The molecule has 0 spiro atoms. The molecule has 0 aromatic heterocycles. The van der Waals surface area contributed by atoms with Crippen LogP contribution in [0, 0.1) is 0 Å². The quantitative estimate of drug-likeness (QED) is 0.520. The number of benzene rings is 1. The summed E-state index contributed by atoms with van der Waals surface area (Å²) in [6, 6.07) is 6.71. The summed E-state index contributed by atoms with van der Waals surface area (Å²) in [6.07, 6.45) is -2.21. The number of aliphatic hydroxyl groups excluding tert-OH is 1. The second-order valence-corrected chi connectivity index (χ2v) is 6.31. The van der Waals surface area contributed by atoms with Crippen molar-refractivity contribution < 1.29 is 37.3 Å². The molecule has 9 heteroatoms. The largest absolute Gasteiger partial charge is 0.573 e. The minimum Gasteiger partial charge on any atom is -0.485 e. The molecular formula is C20H24F3NO5. The van der Waals surface area contributed by atoms with Crippen LogP contribution in [0.1, 0.15) is 25.8 Å². The first-order valence-electron chi connectivity index (χ1n) is 9.11. The average molecular weight is 415 g/mol. The maximum absolute atomic E-state index is 12.5. The third-order valence-electron chi connectivity index (χ3n) is 4.25. The summed E-state index contributed by atoms with van der Waals surface area (Å²) in [5.41, 5.74) is 0.734. The number of hydrogen-bond acceptors (Lipinski definition) is 5. The van der Waals surface area contributed by atoms with Crippen LogP contribution in [0.25, 0.3) is 0 Å². The van der Waals surface area contributed by atoms with E-state index in [9.17, 15) is 18.0 Å². The summed E-state index contributed by atoms with van der Waals surface area (Å²) in [5, 5.41) is 9.02. The molecule has 1 aliphatic heterocycles. The van der Waals surface area contributed by atoms with Gasteiger partial charge in [0.05, 0.1) is 13.2 Å². The van der Waals surface area contributed by atoms with Gasteiger partial charge in [0.15, 0.2) is 18.1 Å². The lowest BCUT2D eigenvalue weighted by molar-refractivity contribution is -0.305. The number of halogens is 3. The van der Waals surface area contributed by atoms with E-state index >= 15 is 0 Å². The van der Waals surface area contributed by atoms with Gasteiger partial charge in [0, 0.05) is 13.0 Å². The predicted molar refractivity (Wildman–Crippen MR) is 98.6 cm³/mol. The number of amides is 1. The maximum atomic E-state index is 12.5. The van der Waals surface area contributed by atoms with Crippen molar-refractivity contribution in [2.24, 2.45) is 0 Å². The fraction of sp³-hybridized carbons (Fsp3) is 0.450. The van der Waals surface area contributed by atoms with Crippen molar-refractivity contribution >= 4 is 5.91 Å². The third-order valence-corrected chi connectivity index (χ3v) is 4.25. The Bertz CT molecular complexity index is 743.